The first-order valence-corrected chi connectivity index (χ1v) is 6.39. The highest BCUT2D eigenvalue weighted by Gasteiger charge is 2.27. The fraction of sp³-hybridized carbons (Fsp3) is 0.462. The third-order valence-corrected chi connectivity index (χ3v) is 3.49. The summed E-state index contributed by atoms with van der Waals surface area (Å²) in [5.41, 5.74) is -0.0265. The zero-order valence-electron chi connectivity index (χ0n) is 10.7. The van der Waals surface area contributed by atoms with Crippen molar-refractivity contribution in [1.29, 1.82) is 0 Å². The summed E-state index contributed by atoms with van der Waals surface area (Å²) in [5, 5.41) is 15.3. The number of aliphatic hydroxyl groups excluding tert-OH is 1. The largest absolute Gasteiger partial charge is 0.394 e. The molecule has 0 heterocycles. The second-order valence-electron chi connectivity index (χ2n) is 4.20. The normalized spacial score (nSPS) is 11.1. The van der Waals surface area contributed by atoms with Crippen LogP contribution in [0.25, 0.3) is 0 Å². The van der Waals surface area contributed by atoms with Crippen LogP contribution in [0.4, 0.5) is 10.5 Å². The number of benzene rings is 1. The molecule has 0 unspecified atom stereocenters. The SMILES string of the molecule is CCC(CC)(CO)NC(=O)Nc1ccccc1Cl. The van der Waals surface area contributed by atoms with E-state index >= 15 is 0 Å². The predicted molar refractivity (Wildman–Crippen MR) is 74.0 cm³/mol. The first kappa shape index (κ1) is 14.8. The highest BCUT2D eigenvalue weighted by Crippen LogP contribution is 2.21. The molecule has 4 nitrogen and oxygen atoms in total. The minimum atomic E-state index is -0.578. The predicted octanol–water partition coefficient (Wildman–Crippen LogP) is 3.01. The number of hydrogen-bond acceptors (Lipinski definition) is 2. The highest BCUT2D eigenvalue weighted by atomic mass is 35.5. The van der Waals surface area contributed by atoms with Gasteiger partial charge in [0.1, 0.15) is 0 Å². The van der Waals surface area contributed by atoms with Gasteiger partial charge in [-0.05, 0) is 25.0 Å². The maximum absolute atomic E-state index is 11.9. The monoisotopic (exact) mass is 270 g/mol. The molecule has 0 aliphatic rings. The lowest BCUT2D eigenvalue weighted by Crippen LogP contribution is -2.52. The summed E-state index contributed by atoms with van der Waals surface area (Å²) in [4.78, 5) is 11.9. The molecule has 0 fully saturated rings. The number of halogens is 1. The van der Waals surface area contributed by atoms with E-state index in [0.717, 1.165) is 0 Å². The van der Waals surface area contributed by atoms with Crippen LogP contribution in [-0.2, 0) is 0 Å². The lowest BCUT2D eigenvalue weighted by molar-refractivity contribution is 0.155. The molecule has 1 aromatic rings. The quantitative estimate of drug-likeness (QED) is 0.770. The fourth-order valence-corrected chi connectivity index (χ4v) is 1.83. The van der Waals surface area contributed by atoms with Gasteiger partial charge in [0.2, 0.25) is 0 Å². The molecule has 0 aromatic heterocycles. The minimum Gasteiger partial charge on any atom is -0.394 e. The standard InChI is InChI=1S/C13H19ClN2O2/c1-3-13(4-2,9-17)16-12(18)15-11-8-6-5-7-10(11)14/h5-8,17H,3-4,9H2,1-2H3,(H2,15,16,18). The number of carbonyl (C=O) groups excluding carboxylic acids is 1. The van der Waals surface area contributed by atoms with E-state index in [0.29, 0.717) is 23.6 Å². The van der Waals surface area contributed by atoms with E-state index in [9.17, 15) is 9.90 Å². The summed E-state index contributed by atoms with van der Waals surface area (Å²) < 4.78 is 0. The molecule has 0 aliphatic heterocycles. The molecule has 3 N–H and O–H groups in total. The number of nitrogens with one attached hydrogen (secondary N) is 2. The van der Waals surface area contributed by atoms with Crippen molar-refractivity contribution >= 4 is 23.3 Å². The van der Waals surface area contributed by atoms with Crippen LogP contribution < -0.4 is 10.6 Å². The Labute approximate surface area is 112 Å². The third kappa shape index (κ3) is 3.62. The Morgan fingerprint density at radius 1 is 1.33 bits per heavy atom. The number of rotatable bonds is 5. The molecule has 1 rings (SSSR count). The van der Waals surface area contributed by atoms with E-state index in [1.807, 2.05) is 13.8 Å². The molecule has 0 bridgehead atoms. The van der Waals surface area contributed by atoms with E-state index in [4.69, 9.17) is 11.6 Å². The van der Waals surface area contributed by atoms with E-state index in [-0.39, 0.29) is 12.6 Å². The van der Waals surface area contributed by atoms with Gasteiger partial charge in [0.15, 0.2) is 0 Å². The summed E-state index contributed by atoms with van der Waals surface area (Å²) in [5.74, 6) is 0. The summed E-state index contributed by atoms with van der Waals surface area (Å²) in [7, 11) is 0. The zero-order valence-corrected chi connectivity index (χ0v) is 11.4. The smallest absolute Gasteiger partial charge is 0.319 e. The number of aliphatic hydroxyl groups is 1. The van der Waals surface area contributed by atoms with Gasteiger partial charge in [0, 0.05) is 0 Å². The fourth-order valence-electron chi connectivity index (χ4n) is 1.65. The topological polar surface area (TPSA) is 61.4 Å². The van der Waals surface area contributed by atoms with Crippen LogP contribution in [0.2, 0.25) is 5.02 Å². The van der Waals surface area contributed by atoms with E-state index in [2.05, 4.69) is 10.6 Å². The summed E-state index contributed by atoms with van der Waals surface area (Å²) in [6, 6.07) is 6.65. The van der Waals surface area contributed by atoms with Gasteiger partial charge in [-0.15, -0.1) is 0 Å². The lowest BCUT2D eigenvalue weighted by atomic mass is 9.94. The Bertz CT molecular complexity index is 397. The van der Waals surface area contributed by atoms with Gasteiger partial charge in [0.05, 0.1) is 22.9 Å². The lowest BCUT2D eigenvalue weighted by Gasteiger charge is -2.30. The molecule has 0 saturated carbocycles. The Morgan fingerprint density at radius 3 is 2.44 bits per heavy atom. The first-order chi connectivity index (χ1) is 8.56. The van der Waals surface area contributed by atoms with Gasteiger partial charge in [-0.25, -0.2) is 4.79 Å². The van der Waals surface area contributed by atoms with Crippen molar-refractivity contribution in [2.75, 3.05) is 11.9 Å². The van der Waals surface area contributed by atoms with Crippen molar-refractivity contribution in [3.63, 3.8) is 0 Å². The van der Waals surface area contributed by atoms with Crippen LogP contribution in [-0.4, -0.2) is 23.3 Å². The van der Waals surface area contributed by atoms with Crippen LogP contribution in [0.15, 0.2) is 24.3 Å². The number of urea groups is 1. The van der Waals surface area contributed by atoms with Crippen LogP contribution in [0.1, 0.15) is 26.7 Å². The molecule has 18 heavy (non-hydrogen) atoms. The second kappa shape index (κ2) is 6.61. The van der Waals surface area contributed by atoms with E-state index in [1.54, 1.807) is 24.3 Å². The molecular weight excluding hydrogens is 252 g/mol. The molecule has 0 radical (unpaired) electrons. The van der Waals surface area contributed by atoms with Crippen molar-refractivity contribution in [2.24, 2.45) is 0 Å². The van der Waals surface area contributed by atoms with Gasteiger partial charge in [0.25, 0.3) is 0 Å². The van der Waals surface area contributed by atoms with Gasteiger partial charge < -0.3 is 15.7 Å². The Kier molecular flexibility index (Phi) is 5.44. The number of amides is 2. The number of anilines is 1. The molecule has 1 aromatic carbocycles. The molecule has 0 atom stereocenters. The maximum Gasteiger partial charge on any atom is 0.319 e. The van der Waals surface area contributed by atoms with Crippen LogP contribution >= 0.6 is 11.6 Å². The molecule has 0 spiro atoms. The Hall–Kier alpha value is -1.26. The van der Waals surface area contributed by atoms with Gasteiger partial charge in [-0.1, -0.05) is 37.6 Å². The van der Waals surface area contributed by atoms with E-state index in [1.165, 1.54) is 0 Å². The number of hydrogen-bond donors (Lipinski definition) is 3. The molecule has 0 aliphatic carbocycles. The average molecular weight is 271 g/mol. The Balaban J connectivity index is 2.70. The summed E-state index contributed by atoms with van der Waals surface area (Å²) in [6.45, 7) is 3.76. The number of para-hydroxylation sites is 1. The average Bonchev–Trinajstić information content (AvgIpc) is 2.39. The van der Waals surface area contributed by atoms with Gasteiger partial charge >= 0.3 is 6.03 Å². The van der Waals surface area contributed by atoms with Crippen molar-refractivity contribution < 1.29 is 9.90 Å². The van der Waals surface area contributed by atoms with Crippen molar-refractivity contribution in [3.05, 3.63) is 29.3 Å². The molecule has 5 heteroatoms. The van der Waals surface area contributed by atoms with Crippen molar-refractivity contribution in [1.82, 2.24) is 5.32 Å². The summed E-state index contributed by atoms with van der Waals surface area (Å²) >= 11 is 5.95. The Morgan fingerprint density at radius 2 is 1.94 bits per heavy atom. The first-order valence-electron chi connectivity index (χ1n) is 6.01. The minimum absolute atomic E-state index is 0.0874. The van der Waals surface area contributed by atoms with Crippen LogP contribution in [0, 0.1) is 0 Å². The van der Waals surface area contributed by atoms with Crippen molar-refractivity contribution in [3.8, 4) is 0 Å². The summed E-state index contributed by atoms with van der Waals surface area (Å²) in [6.07, 6.45) is 1.33. The van der Waals surface area contributed by atoms with Gasteiger partial charge in [-0.2, -0.15) is 0 Å². The van der Waals surface area contributed by atoms with Crippen LogP contribution in [0.5, 0.6) is 0 Å². The second-order valence-corrected chi connectivity index (χ2v) is 4.61. The molecule has 0 saturated heterocycles. The molecule has 100 valence electrons. The molecule has 2 amide bonds. The van der Waals surface area contributed by atoms with Crippen LogP contribution in [0.3, 0.4) is 0 Å². The zero-order chi connectivity index (χ0) is 13.6. The van der Waals surface area contributed by atoms with Gasteiger partial charge in [-0.3, -0.25) is 0 Å². The number of carbonyl (C=O) groups is 1. The van der Waals surface area contributed by atoms with Crippen molar-refractivity contribution in [2.45, 2.75) is 32.2 Å². The third-order valence-electron chi connectivity index (χ3n) is 3.16. The maximum atomic E-state index is 11.9. The highest BCUT2D eigenvalue weighted by molar-refractivity contribution is 6.33. The van der Waals surface area contributed by atoms with E-state index < -0.39 is 5.54 Å². The molecular formula is C13H19ClN2O2.